The lowest BCUT2D eigenvalue weighted by Crippen LogP contribution is -2.34. The van der Waals surface area contributed by atoms with Crippen LogP contribution in [0, 0.1) is 0 Å². The number of rotatable bonds is 3. The smallest absolute Gasteiger partial charge is 0.324 e. The van der Waals surface area contributed by atoms with Crippen molar-refractivity contribution in [3.63, 3.8) is 0 Å². The van der Waals surface area contributed by atoms with E-state index >= 15 is 0 Å². The third kappa shape index (κ3) is 1.59. The molecule has 0 spiro atoms. The molecule has 2 fully saturated rings. The molecule has 5 heteroatoms. The van der Waals surface area contributed by atoms with Crippen molar-refractivity contribution in [2.75, 3.05) is 7.05 Å². The summed E-state index contributed by atoms with van der Waals surface area (Å²) in [7, 11) is 1.64. The van der Waals surface area contributed by atoms with E-state index in [1.807, 2.05) is 0 Å². The van der Waals surface area contributed by atoms with Crippen molar-refractivity contribution in [3.05, 3.63) is 0 Å². The van der Waals surface area contributed by atoms with Gasteiger partial charge in [-0.1, -0.05) is 0 Å². The standard InChI is InChI=1S/C9H15N3O2/c1-12-6(7(13)11-8(12)14)2-3-9(10)4-5-9/h6H,2-5,10H2,1H3,(H,11,13,14). The van der Waals surface area contributed by atoms with Crippen LogP contribution in [0.25, 0.3) is 0 Å². The zero-order valence-corrected chi connectivity index (χ0v) is 8.25. The highest BCUT2D eigenvalue weighted by Gasteiger charge is 2.41. The molecule has 0 aromatic heterocycles. The zero-order chi connectivity index (χ0) is 10.3. The third-order valence-electron chi connectivity index (χ3n) is 3.13. The summed E-state index contributed by atoms with van der Waals surface area (Å²) in [6, 6.07) is -0.620. The van der Waals surface area contributed by atoms with Crippen LogP contribution in [0.15, 0.2) is 0 Å². The minimum Gasteiger partial charge on any atom is -0.325 e. The average molecular weight is 197 g/mol. The number of urea groups is 1. The van der Waals surface area contributed by atoms with E-state index in [9.17, 15) is 9.59 Å². The second-order valence-electron chi connectivity index (χ2n) is 4.32. The molecule has 0 aromatic carbocycles. The molecule has 1 heterocycles. The van der Waals surface area contributed by atoms with Crippen LogP contribution in [0.2, 0.25) is 0 Å². The van der Waals surface area contributed by atoms with Crippen molar-refractivity contribution in [2.45, 2.75) is 37.3 Å². The Morgan fingerprint density at radius 1 is 1.57 bits per heavy atom. The second kappa shape index (κ2) is 2.95. The van der Waals surface area contributed by atoms with Crippen molar-refractivity contribution in [3.8, 4) is 0 Å². The van der Waals surface area contributed by atoms with Gasteiger partial charge in [0.2, 0.25) is 0 Å². The summed E-state index contributed by atoms with van der Waals surface area (Å²) in [6.07, 6.45) is 3.57. The van der Waals surface area contributed by atoms with Crippen molar-refractivity contribution >= 4 is 11.9 Å². The third-order valence-corrected chi connectivity index (χ3v) is 3.13. The number of carbonyl (C=O) groups excluding carboxylic acids is 2. The van der Waals surface area contributed by atoms with Crippen LogP contribution in [-0.4, -0.2) is 35.5 Å². The van der Waals surface area contributed by atoms with E-state index in [0.717, 1.165) is 19.3 Å². The lowest BCUT2D eigenvalue weighted by molar-refractivity contribution is -0.121. The minimum atomic E-state index is -0.316. The van der Waals surface area contributed by atoms with Crippen LogP contribution in [0.4, 0.5) is 4.79 Å². The minimum absolute atomic E-state index is 0.0489. The summed E-state index contributed by atoms with van der Waals surface area (Å²) in [4.78, 5) is 23.9. The van der Waals surface area contributed by atoms with E-state index in [2.05, 4.69) is 5.32 Å². The summed E-state index contributed by atoms with van der Waals surface area (Å²) in [6.45, 7) is 0. The summed E-state index contributed by atoms with van der Waals surface area (Å²) in [5.74, 6) is -0.193. The van der Waals surface area contributed by atoms with Crippen LogP contribution in [-0.2, 0) is 4.79 Å². The molecule has 1 aliphatic heterocycles. The van der Waals surface area contributed by atoms with Crippen molar-refractivity contribution in [2.24, 2.45) is 5.73 Å². The first-order chi connectivity index (χ1) is 6.52. The number of amides is 3. The van der Waals surface area contributed by atoms with Gasteiger partial charge < -0.3 is 10.6 Å². The molecule has 1 saturated carbocycles. The van der Waals surface area contributed by atoms with Crippen molar-refractivity contribution in [1.29, 1.82) is 0 Å². The zero-order valence-electron chi connectivity index (χ0n) is 8.25. The van der Waals surface area contributed by atoms with Gasteiger partial charge in [0.15, 0.2) is 0 Å². The lowest BCUT2D eigenvalue weighted by Gasteiger charge is -2.17. The molecule has 3 N–H and O–H groups in total. The summed E-state index contributed by atoms with van der Waals surface area (Å²) < 4.78 is 0. The molecule has 1 saturated heterocycles. The number of likely N-dealkylation sites (N-methyl/N-ethyl adjacent to an activating group) is 1. The van der Waals surface area contributed by atoms with Crippen LogP contribution < -0.4 is 11.1 Å². The fourth-order valence-electron chi connectivity index (χ4n) is 1.75. The predicted molar refractivity (Wildman–Crippen MR) is 50.5 cm³/mol. The summed E-state index contributed by atoms with van der Waals surface area (Å²) in [5.41, 5.74) is 5.87. The summed E-state index contributed by atoms with van der Waals surface area (Å²) >= 11 is 0. The van der Waals surface area contributed by atoms with E-state index in [1.54, 1.807) is 7.05 Å². The molecule has 1 atom stereocenters. The molecule has 0 radical (unpaired) electrons. The Hall–Kier alpha value is -1.10. The molecule has 14 heavy (non-hydrogen) atoms. The molecule has 5 nitrogen and oxygen atoms in total. The Balaban J connectivity index is 1.90. The number of nitrogens with one attached hydrogen (secondary N) is 1. The number of carbonyl (C=O) groups is 2. The number of imide groups is 1. The SMILES string of the molecule is CN1C(=O)NC(=O)C1CCC1(N)CC1. The van der Waals surface area contributed by atoms with E-state index in [4.69, 9.17) is 5.73 Å². The van der Waals surface area contributed by atoms with Crippen LogP contribution in [0.1, 0.15) is 25.7 Å². The predicted octanol–water partition coefficient (Wildman–Crippen LogP) is -0.192. The van der Waals surface area contributed by atoms with E-state index in [0.29, 0.717) is 6.42 Å². The number of hydrogen-bond acceptors (Lipinski definition) is 3. The first-order valence-electron chi connectivity index (χ1n) is 4.88. The van der Waals surface area contributed by atoms with E-state index in [-0.39, 0.29) is 23.5 Å². The largest absolute Gasteiger partial charge is 0.325 e. The van der Waals surface area contributed by atoms with Crippen molar-refractivity contribution in [1.82, 2.24) is 10.2 Å². The highest BCUT2D eigenvalue weighted by atomic mass is 16.2. The highest BCUT2D eigenvalue weighted by Crippen LogP contribution is 2.37. The van der Waals surface area contributed by atoms with Crippen LogP contribution in [0.3, 0.4) is 0 Å². The molecular formula is C9H15N3O2. The second-order valence-corrected chi connectivity index (χ2v) is 4.32. The quantitative estimate of drug-likeness (QED) is 0.616. The molecule has 78 valence electrons. The molecule has 2 rings (SSSR count). The number of hydrogen-bond donors (Lipinski definition) is 2. The van der Waals surface area contributed by atoms with Gasteiger partial charge in [0.1, 0.15) is 6.04 Å². The van der Waals surface area contributed by atoms with Gasteiger partial charge in [-0.05, 0) is 25.7 Å². The van der Waals surface area contributed by atoms with Gasteiger partial charge in [0.25, 0.3) is 5.91 Å². The monoisotopic (exact) mass is 197 g/mol. The van der Waals surface area contributed by atoms with Gasteiger partial charge in [0.05, 0.1) is 0 Å². The lowest BCUT2D eigenvalue weighted by atomic mass is 10.0. The van der Waals surface area contributed by atoms with Gasteiger partial charge in [-0.25, -0.2) is 4.79 Å². The van der Waals surface area contributed by atoms with E-state index in [1.165, 1.54) is 4.90 Å². The van der Waals surface area contributed by atoms with Crippen LogP contribution in [0.5, 0.6) is 0 Å². The Labute approximate surface area is 82.6 Å². The van der Waals surface area contributed by atoms with Gasteiger partial charge in [-0.3, -0.25) is 10.1 Å². The number of nitrogens with zero attached hydrogens (tertiary/aromatic N) is 1. The Bertz CT molecular complexity index is 286. The molecule has 0 aromatic rings. The topological polar surface area (TPSA) is 75.4 Å². The molecule has 1 aliphatic carbocycles. The molecule has 3 amide bonds. The van der Waals surface area contributed by atoms with Crippen LogP contribution >= 0.6 is 0 Å². The van der Waals surface area contributed by atoms with Gasteiger partial charge in [0, 0.05) is 12.6 Å². The Morgan fingerprint density at radius 2 is 2.21 bits per heavy atom. The normalized spacial score (nSPS) is 29.3. The molecular weight excluding hydrogens is 182 g/mol. The van der Waals surface area contributed by atoms with Gasteiger partial charge in [-0.15, -0.1) is 0 Å². The average Bonchev–Trinajstić information content (AvgIpc) is 2.78. The molecule has 1 unspecified atom stereocenters. The Morgan fingerprint density at radius 3 is 2.64 bits per heavy atom. The molecule has 0 bridgehead atoms. The van der Waals surface area contributed by atoms with Crippen molar-refractivity contribution < 1.29 is 9.59 Å². The first kappa shape index (κ1) is 9.45. The summed E-state index contributed by atoms with van der Waals surface area (Å²) in [5, 5.41) is 2.28. The maximum Gasteiger partial charge on any atom is 0.324 e. The molecule has 2 aliphatic rings. The first-order valence-corrected chi connectivity index (χ1v) is 4.88. The van der Waals surface area contributed by atoms with E-state index < -0.39 is 0 Å². The number of nitrogens with two attached hydrogens (primary N) is 1. The highest BCUT2D eigenvalue weighted by molar-refractivity contribution is 6.03. The fraction of sp³-hybridized carbons (Fsp3) is 0.778. The Kier molecular flexibility index (Phi) is 1.99. The van der Waals surface area contributed by atoms with Gasteiger partial charge >= 0.3 is 6.03 Å². The van der Waals surface area contributed by atoms with Gasteiger partial charge in [-0.2, -0.15) is 0 Å². The maximum absolute atomic E-state index is 11.3. The fourth-order valence-corrected chi connectivity index (χ4v) is 1.75. The maximum atomic E-state index is 11.3.